The molecule has 0 radical (unpaired) electrons. The van der Waals surface area contributed by atoms with Crippen LogP contribution in [-0.2, 0) is 11.3 Å². The second kappa shape index (κ2) is 8.02. The fraction of sp³-hybridized carbons (Fsp3) is 0.444. The highest BCUT2D eigenvalue weighted by atomic mass is 16.5. The summed E-state index contributed by atoms with van der Waals surface area (Å²) in [5.41, 5.74) is 1.41. The summed E-state index contributed by atoms with van der Waals surface area (Å²) in [5, 5.41) is 7.31. The lowest BCUT2D eigenvalue weighted by Gasteiger charge is -2.28. The van der Waals surface area contributed by atoms with E-state index in [0.717, 1.165) is 17.0 Å². The minimum absolute atomic E-state index is 0.156. The van der Waals surface area contributed by atoms with Gasteiger partial charge in [-0.15, -0.1) is 0 Å². The van der Waals surface area contributed by atoms with Gasteiger partial charge in [0.1, 0.15) is 5.75 Å². The topological polar surface area (TPSA) is 68.6 Å². The van der Waals surface area contributed by atoms with Gasteiger partial charge in [-0.2, -0.15) is 5.10 Å². The van der Waals surface area contributed by atoms with Gasteiger partial charge >= 0.3 is 6.03 Å². The van der Waals surface area contributed by atoms with Crippen molar-refractivity contribution in [3.05, 3.63) is 42.2 Å². The number of methoxy groups -OCH3 is 2. The van der Waals surface area contributed by atoms with Crippen LogP contribution in [0.15, 0.2) is 36.7 Å². The van der Waals surface area contributed by atoms with Crippen molar-refractivity contribution < 1.29 is 14.3 Å². The van der Waals surface area contributed by atoms with Crippen molar-refractivity contribution in [1.29, 1.82) is 0 Å². The Hall–Kier alpha value is -2.54. The predicted molar refractivity (Wildman–Crippen MR) is 96.1 cm³/mol. The van der Waals surface area contributed by atoms with Gasteiger partial charge < -0.3 is 19.7 Å². The summed E-state index contributed by atoms with van der Waals surface area (Å²) in [7, 11) is 5.00. The van der Waals surface area contributed by atoms with Gasteiger partial charge in [0.15, 0.2) is 0 Å². The molecule has 0 aliphatic carbocycles. The quantitative estimate of drug-likeness (QED) is 0.836. The number of nitrogens with one attached hydrogen (secondary N) is 1. The van der Waals surface area contributed by atoms with Gasteiger partial charge in [0, 0.05) is 32.0 Å². The molecule has 7 nitrogen and oxygen atoms in total. The van der Waals surface area contributed by atoms with Crippen LogP contribution >= 0.6 is 0 Å². The third-order valence-electron chi connectivity index (χ3n) is 3.67. The molecule has 2 amide bonds. The minimum Gasteiger partial charge on any atom is -0.497 e. The third kappa shape index (κ3) is 5.22. The van der Waals surface area contributed by atoms with Crippen molar-refractivity contribution in [1.82, 2.24) is 20.0 Å². The van der Waals surface area contributed by atoms with Gasteiger partial charge in [0.25, 0.3) is 0 Å². The number of benzene rings is 1. The van der Waals surface area contributed by atoms with Crippen molar-refractivity contribution >= 4 is 6.03 Å². The van der Waals surface area contributed by atoms with Crippen LogP contribution in [0.2, 0.25) is 0 Å². The maximum absolute atomic E-state index is 12.3. The van der Waals surface area contributed by atoms with Crippen molar-refractivity contribution in [2.24, 2.45) is 0 Å². The van der Waals surface area contributed by atoms with E-state index in [0.29, 0.717) is 13.2 Å². The molecule has 0 fully saturated rings. The first-order valence-electron chi connectivity index (χ1n) is 8.05. The molecule has 0 unspecified atom stereocenters. The van der Waals surface area contributed by atoms with Gasteiger partial charge in [0.2, 0.25) is 0 Å². The van der Waals surface area contributed by atoms with Crippen LogP contribution in [0.1, 0.15) is 19.4 Å². The van der Waals surface area contributed by atoms with Crippen molar-refractivity contribution in [3.8, 4) is 11.4 Å². The Morgan fingerprint density at radius 1 is 1.36 bits per heavy atom. The summed E-state index contributed by atoms with van der Waals surface area (Å²) < 4.78 is 12.1. The van der Waals surface area contributed by atoms with E-state index in [1.54, 1.807) is 37.0 Å². The molecule has 1 N–H and O–H groups in total. The molecule has 2 rings (SSSR count). The first kappa shape index (κ1) is 18.8. The van der Waals surface area contributed by atoms with E-state index < -0.39 is 5.54 Å². The SMILES string of the molecule is COCC(C)(C)NC(=O)N(C)Cc1cnn(-c2cccc(OC)c2)c1. The van der Waals surface area contributed by atoms with E-state index in [-0.39, 0.29) is 6.03 Å². The van der Waals surface area contributed by atoms with Crippen LogP contribution < -0.4 is 10.1 Å². The highest BCUT2D eigenvalue weighted by molar-refractivity contribution is 5.74. The average Bonchev–Trinajstić information content (AvgIpc) is 3.02. The van der Waals surface area contributed by atoms with Gasteiger partial charge in [0.05, 0.1) is 37.7 Å². The number of nitrogens with zero attached hydrogens (tertiary/aromatic N) is 3. The molecular formula is C18H26N4O3. The first-order valence-corrected chi connectivity index (χ1v) is 8.05. The largest absolute Gasteiger partial charge is 0.497 e. The van der Waals surface area contributed by atoms with Crippen LogP contribution in [0, 0.1) is 0 Å². The maximum Gasteiger partial charge on any atom is 0.317 e. The second-order valence-corrected chi connectivity index (χ2v) is 6.60. The Bertz CT molecular complexity index is 712. The summed E-state index contributed by atoms with van der Waals surface area (Å²) in [6.07, 6.45) is 3.66. The predicted octanol–water partition coefficient (Wildman–Crippen LogP) is 2.45. The zero-order valence-electron chi connectivity index (χ0n) is 15.4. The summed E-state index contributed by atoms with van der Waals surface area (Å²) in [6, 6.07) is 7.49. The van der Waals surface area contributed by atoms with Crippen molar-refractivity contribution in [2.75, 3.05) is 27.9 Å². The summed E-state index contributed by atoms with van der Waals surface area (Å²) >= 11 is 0. The number of carbonyl (C=O) groups excluding carboxylic acids is 1. The molecule has 0 saturated carbocycles. The molecule has 25 heavy (non-hydrogen) atoms. The number of amides is 2. The Kier molecular flexibility index (Phi) is 6.03. The van der Waals surface area contributed by atoms with Crippen molar-refractivity contribution in [3.63, 3.8) is 0 Å². The average molecular weight is 346 g/mol. The number of aromatic nitrogens is 2. The van der Waals surface area contributed by atoms with Gasteiger partial charge in [-0.05, 0) is 26.0 Å². The maximum atomic E-state index is 12.3. The summed E-state index contributed by atoms with van der Waals surface area (Å²) in [4.78, 5) is 13.9. The second-order valence-electron chi connectivity index (χ2n) is 6.60. The highest BCUT2D eigenvalue weighted by Crippen LogP contribution is 2.16. The van der Waals surface area contributed by atoms with Crippen LogP contribution in [0.25, 0.3) is 5.69 Å². The Balaban J connectivity index is 2.01. The zero-order valence-corrected chi connectivity index (χ0v) is 15.4. The monoisotopic (exact) mass is 346 g/mol. The number of rotatable bonds is 7. The molecule has 1 heterocycles. The molecule has 136 valence electrons. The molecular weight excluding hydrogens is 320 g/mol. The molecule has 0 saturated heterocycles. The van der Waals surface area contributed by atoms with Gasteiger partial charge in [-0.1, -0.05) is 6.07 Å². The van der Waals surface area contributed by atoms with E-state index in [4.69, 9.17) is 9.47 Å². The van der Waals surface area contributed by atoms with Gasteiger partial charge in [-0.3, -0.25) is 0 Å². The molecule has 0 bridgehead atoms. The van der Waals surface area contributed by atoms with E-state index in [1.165, 1.54) is 0 Å². The molecule has 7 heteroatoms. The molecule has 0 aliphatic heterocycles. The molecule has 1 aromatic heterocycles. The molecule has 2 aromatic rings. The summed E-state index contributed by atoms with van der Waals surface area (Å²) in [6.45, 7) is 4.74. The Labute approximate surface area is 148 Å². The lowest BCUT2D eigenvalue weighted by atomic mass is 10.1. The number of carbonyl (C=O) groups is 1. The van der Waals surface area contributed by atoms with E-state index >= 15 is 0 Å². The van der Waals surface area contributed by atoms with Gasteiger partial charge in [-0.25, -0.2) is 9.48 Å². The van der Waals surface area contributed by atoms with Crippen LogP contribution in [0.4, 0.5) is 4.79 Å². The smallest absolute Gasteiger partial charge is 0.317 e. The molecule has 0 spiro atoms. The standard InChI is InChI=1S/C18H26N4O3/c1-18(2,13-24-4)20-17(23)21(3)11-14-10-19-22(12-14)15-7-6-8-16(9-15)25-5/h6-10,12H,11,13H2,1-5H3,(H,20,23). The fourth-order valence-electron chi connectivity index (χ4n) is 2.46. The first-order chi connectivity index (χ1) is 11.8. The normalized spacial score (nSPS) is 11.2. The number of ether oxygens (including phenoxy) is 2. The molecule has 0 atom stereocenters. The number of hydrogen-bond acceptors (Lipinski definition) is 4. The molecule has 0 aliphatic rings. The van der Waals surface area contributed by atoms with Crippen molar-refractivity contribution in [2.45, 2.75) is 25.9 Å². The summed E-state index contributed by atoms with van der Waals surface area (Å²) in [5.74, 6) is 0.770. The van der Waals surface area contributed by atoms with Crippen LogP contribution in [0.3, 0.4) is 0 Å². The molecule has 1 aromatic carbocycles. The number of urea groups is 1. The zero-order chi connectivity index (χ0) is 18.4. The number of hydrogen-bond donors (Lipinski definition) is 1. The lowest BCUT2D eigenvalue weighted by Crippen LogP contribution is -2.51. The highest BCUT2D eigenvalue weighted by Gasteiger charge is 2.22. The Morgan fingerprint density at radius 2 is 2.12 bits per heavy atom. The van der Waals surface area contributed by atoms with E-state index in [9.17, 15) is 4.79 Å². The van der Waals surface area contributed by atoms with E-state index in [2.05, 4.69) is 10.4 Å². The van der Waals surface area contributed by atoms with Crippen LogP contribution in [0.5, 0.6) is 5.75 Å². The minimum atomic E-state index is -0.426. The fourth-order valence-corrected chi connectivity index (χ4v) is 2.46. The van der Waals surface area contributed by atoms with E-state index in [1.807, 2.05) is 44.3 Å². The Morgan fingerprint density at radius 3 is 2.80 bits per heavy atom. The third-order valence-corrected chi connectivity index (χ3v) is 3.67. The van der Waals surface area contributed by atoms with Crippen LogP contribution in [-0.4, -0.2) is 54.1 Å². The lowest BCUT2D eigenvalue weighted by molar-refractivity contribution is 0.124.